The van der Waals surface area contributed by atoms with Crippen molar-refractivity contribution >= 4 is 56.8 Å². The van der Waals surface area contributed by atoms with Crippen molar-refractivity contribution in [3.05, 3.63) is 91.4 Å². The summed E-state index contributed by atoms with van der Waals surface area (Å²) in [5.74, 6) is 0.855. The van der Waals surface area contributed by atoms with Crippen molar-refractivity contribution in [2.24, 2.45) is 0 Å². The molecule has 0 radical (unpaired) electrons. The van der Waals surface area contributed by atoms with Crippen molar-refractivity contribution in [3.63, 3.8) is 0 Å². The zero-order chi connectivity index (χ0) is 24.0. The van der Waals surface area contributed by atoms with Crippen molar-refractivity contribution in [1.82, 2.24) is 0 Å². The highest BCUT2D eigenvalue weighted by atomic mass is 79.9. The summed E-state index contributed by atoms with van der Waals surface area (Å²) in [6.45, 7) is 6.53. The fourth-order valence-corrected chi connectivity index (χ4v) is 4.40. The highest BCUT2D eigenvalue weighted by molar-refractivity contribution is 9.10. The molecule has 0 aromatic heterocycles. The quantitative estimate of drug-likeness (QED) is 0.290. The molecule has 0 aliphatic carbocycles. The third kappa shape index (κ3) is 6.76. The van der Waals surface area contributed by atoms with Crippen molar-refractivity contribution in [1.29, 1.82) is 0 Å². The summed E-state index contributed by atoms with van der Waals surface area (Å²) >= 11 is 16.1. The molecule has 0 fully saturated rings. The number of rotatable bonds is 8. The number of ether oxygens (including phenoxy) is 2. The number of carbonyl (C=O) groups is 1. The van der Waals surface area contributed by atoms with Gasteiger partial charge in [0, 0.05) is 16.7 Å². The van der Waals surface area contributed by atoms with Crippen LogP contribution in [0.25, 0.3) is 6.08 Å². The lowest BCUT2D eigenvalue weighted by atomic mass is 10.1. The van der Waals surface area contributed by atoms with E-state index < -0.39 is 0 Å². The van der Waals surface area contributed by atoms with Gasteiger partial charge >= 0.3 is 0 Å². The molecule has 3 aromatic carbocycles. The molecule has 0 bridgehead atoms. The Balaban J connectivity index is 1.77. The third-order valence-electron chi connectivity index (χ3n) is 4.77. The van der Waals surface area contributed by atoms with Gasteiger partial charge in [0.05, 0.1) is 21.8 Å². The molecule has 0 atom stereocenters. The van der Waals surface area contributed by atoms with E-state index in [1.807, 2.05) is 69.3 Å². The van der Waals surface area contributed by atoms with Gasteiger partial charge in [0.2, 0.25) is 5.91 Å². The highest BCUT2D eigenvalue weighted by Crippen LogP contribution is 2.38. The molecule has 1 N–H and O–H groups in total. The van der Waals surface area contributed by atoms with Crippen LogP contribution < -0.4 is 14.8 Å². The van der Waals surface area contributed by atoms with Crippen LogP contribution in [0, 0.1) is 13.8 Å². The zero-order valence-corrected chi connectivity index (χ0v) is 21.6. The van der Waals surface area contributed by atoms with E-state index >= 15 is 0 Å². The van der Waals surface area contributed by atoms with Crippen LogP contribution in [0.4, 0.5) is 5.69 Å². The number of anilines is 1. The first-order chi connectivity index (χ1) is 15.8. The molecule has 1 amide bonds. The number of amides is 1. The van der Waals surface area contributed by atoms with E-state index in [2.05, 4.69) is 21.2 Å². The van der Waals surface area contributed by atoms with Crippen LogP contribution in [0.15, 0.2) is 59.1 Å². The number of halogens is 3. The predicted molar refractivity (Wildman–Crippen MR) is 140 cm³/mol. The lowest BCUT2D eigenvalue weighted by molar-refractivity contribution is -0.111. The molecule has 0 spiro atoms. The van der Waals surface area contributed by atoms with E-state index in [4.69, 9.17) is 32.7 Å². The van der Waals surface area contributed by atoms with Gasteiger partial charge in [-0.2, -0.15) is 0 Å². The first-order valence-corrected chi connectivity index (χ1v) is 11.9. The third-order valence-corrected chi connectivity index (χ3v) is 6.02. The van der Waals surface area contributed by atoms with E-state index in [1.54, 1.807) is 6.08 Å². The molecule has 0 saturated carbocycles. The summed E-state index contributed by atoms with van der Waals surface area (Å²) < 4.78 is 12.5. The van der Waals surface area contributed by atoms with Crippen LogP contribution in [-0.2, 0) is 11.4 Å². The first kappa shape index (κ1) is 25.2. The van der Waals surface area contributed by atoms with Crippen LogP contribution in [0.3, 0.4) is 0 Å². The number of hydrogen-bond donors (Lipinski definition) is 1. The molecular weight excluding hydrogens is 525 g/mol. The Morgan fingerprint density at radius 1 is 1.06 bits per heavy atom. The maximum Gasteiger partial charge on any atom is 0.248 e. The molecule has 4 nitrogen and oxygen atoms in total. The SMILES string of the molecule is CCOc1cc(/C=C/C(=O)Nc2c(C)cc(C)cc2Cl)cc(Br)c1OCc1ccccc1Cl. The molecule has 3 rings (SSSR count). The fraction of sp³-hybridized carbons (Fsp3) is 0.192. The van der Waals surface area contributed by atoms with Crippen LogP contribution in [0.1, 0.15) is 29.2 Å². The number of hydrogen-bond acceptors (Lipinski definition) is 3. The van der Waals surface area contributed by atoms with Crippen molar-refractivity contribution < 1.29 is 14.3 Å². The largest absolute Gasteiger partial charge is 0.490 e. The molecule has 172 valence electrons. The lowest BCUT2D eigenvalue weighted by Crippen LogP contribution is -2.09. The Morgan fingerprint density at radius 2 is 1.82 bits per heavy atom. The summed E-state index contributed by atoms with van der Waals surface area (Å²) in [6.07, 6.45) is 3.16. The minimum Gasteiger partial charge on any atom is -0.490 e. The minimum atomic E-state index is -0.281. The predicted octanol–water partition coefficient (Wildman–Crippen LogP) is 8.00. The fourth-order valence-electron chi connectivity index (χ4n) is 3.26. The average Bonchev–Trinajstić information content (AvgIpc) is 2.75. The molecule has 0 unspecified atom stereocenters. The van der Waals surface area contributed by atoms with Gasteiger partial charge < -0.3 is 14.8 Å². The summed E-state index contributed by atoms with van der Waals surface area (Å²) in [6, 6.07) is 15.0. The molecule has 0 aliphatic heterocycles. The summed E-state index contributed by atoms with van der Waals surface area (Å²) in [7, 11) is 0. The zero-order valence-electron chi connectivity index (χ0n) is 18.5. The van der Waals surface area contributed by atoms with Gasteiger partial charge in [0.1, 0.15) is 6.61 Å². The van der Waals surface area contributed by atoms with E-state index in [9.17, 15) is 4.79 Å². The van der Waals surface area contributed by atoms with Crippen molar-refractivity contribution in [2.75, 3.05) is 11.9 Å². The van der Waals surface area contributed by atoms with Gasteiger partial charge in [-0.25, -0.2) is 0 Å². The van der Waals surface area contributed by atoms with E-state index in [0.29, 0.717) is 44.9 Å². The molecule has 33 heavy (non-hydrogen) atoms. The van der Waals surface area contributed by atoms with E-state index in [1.165, 1.54) is 6.08 Å². The standard InChI is InChI=1S/C26H24BrCl2NO3/c1-4-32-23-14-18(9-10-24(31)30-25-17(3)11-16(2)12-22(25)29)13-20(27)26(23)33-15-19-7-5-6-8-21(19)28/h5-14H,4,15H2,1-3H3,(H,30,31)/b10-9+. The Labute approximate surface area is 212 Å². The summed E-state index contributed by atoms with van der Waals surface area (Å²) in [5.41, 5.74) is 4.20. The lowest BCUT2D eigenvalue weighted by Gasteiger charge is -2.15. The van der Waals surface area contributed by atoms with Gasteiger partial charge in [-0.05, 0) is 83.7 Å². The topological polar surface area (TPSA) is 47.6 Å². The van der Waals surface area contributed by atoms with Gasteiger partial charge in [0.25, 0.3) is 0 Å². The first-order valence-electron chi connectivity index (χ1n) is 10.4. The second-order valence-electron chi connectivity index (χ2n) is 7.40. The molecule has 0 heterocycles. The van der Waals surface area contributed by atoms with Crippen molar-refractivity contribution in [3.8, 4) is 11.5 Å². The van der Waals surface area contributed by atoms with E-state index in [-0.39, 0.29) is 5.91 Å². The smallest absolute Gasteiger partial charge is 0.248 e. The van der Waals surface area contributed by atoms with Gasteiger partial charge in [0.15, 0.2) is 11.5 Å². The second-order valence-corrected chi connectivity index (χ2v) is 9.07. The maximum atomic E-state index is 12.5. The summed E-state index contributed by atoms with van der Waals surface area (Å²) in [4.78, 5) is 12.5. The maximum absolute atomic E-state index is 12.5. The number of benzene rings is 3. The number of nitrogens with one attached hydrogen (secondary N) is 1. The molecule has 0 saturated heterocycles. The average molecular weight is 549 g/mol. The molecular formula is C26H24BrCl2NO3. The monoisotopic (exact) mass is 547 g/mol. The van der Waals surface area contributed by atoms with Crippen LogP contribution in [0.2, 0.25) is 10.0 Å². The van der Waals surface area contributed by atoms with Gasteiger partial charge in [-0.15, -0.1) is 0 Å². The van der Waals surface area contributed by atoms with Crippen LogP contribution in [0.5, 0.6) is 11.5 Å². The van der Waals surface area contributed by atoms with Crippen LogP contribution in [-0.4, -0.2) is 12.5 Å². The Morgan fingerprint density at radius 3 is 2.52 bits per heavy atom. The highest BCUT2D eigenvalue weighted by Gasteiger charge is 2.13. The van der Waals surface area contributed by atoms with Gasteiger partial charge in [-0.1, -0.05) is 47.5 Å². The number of aryl methyl sites for hydroxylation is 2. The minimum absolute atomic E-state index is 0.281. The molecule has 3 aromatic rings. The molecule has 0 aliphatic rings. The molecule has 7 heteroatoms. The normalized spacial score (nSPS) is 11.0. The van der Waals surface area contributed by atoms with E-state index in [0.717, 1.165) is 22.3 Å². The number of carbonyl (C=O) groups excluding carboxylic acids is 1. The van der Waals surface area contributed by atoms with Crippen LogP contribution >= 0.6 is 39.1 Å². The summed E-state index contributed by atoms with van der Waals surface area (Å²) in [5, 5.41) is 4.00. The second kappa shape index (κ2) is 11.6. The Hall–Kier alpha value is -2.47. The van der Waals surface area contributed by atoms with Crippen molar-refractivity contribution in [2.45, 2.75) is 27.4 Å². The Kier molecular flexibility index (Phi) is 8.84. The van der Waals surface area contributed by atoms with Gasteiger partial charge in [-0.3, -0.25) is 4.79 Å². The Bertz CT molecular complexity index is 1170.